The van der Waals surface area contributed by atoms with E-state index >= 15 is 0 Å². The summed E-state index contributed by atoms with van der Waals surface area (Å²) in [5.74, 6) is 0.844. The second-order valence-electron chi connectivity index (χ2n) is 6.93. The molecule has 25 heavy (non-hydrogen) atoms. The van der Waals surface area contributed by atoms with E-state index in [1.807, 2.05) is 23.2 Å². The Bertz CT molecular complexity index is 791. The molecule has 1 spiro atoms. The van der Waals surface area contributed by atoms with E-state index < -0.39 is 0 Å². The van der Waals surface area contributed by atoms with E-state index in [0.717, 1.165) is 18.4 Å². The van der Waals surface area contributed by atoms with Crippen LogP contribution in [0, 0.1) is 6.92 Å². The Balaban J connectivity index is 1.52. The van der Waals surface area contributed by atoms with Crippen LogP contribution in [0.15, 0.2) is 41.3 Å². The van der Waals surface area contributed by atoms with E-state index in [2.05, 4.69) is 10.3 Å². The number of pyridine rings is 1. The van der Waals surface area contributed by atoms with Gasteiger partial charge in [-0.2, -0.15) is 0 Å². The fourth-order valence-corrected chi connectivity index (χ4v) is 4.18. The van der Waals surface area contributed by atoms with Gasteiger partial charge in [0, 0.05) is 37.8 Å². The van der Waals surface area contributed by atoms with Gasteiger partial charge in [-0.1, -0.05) is 6.07 Å². The number of carbonyl (C=O) groups excluding carboxylic acids is 2. The normalized spacial score (nSPS) is 22.2. The summed E-state index contributed by atoms with van der Waals surface area (Å²) in [5.41, 5.74) is 1.43. The molecule has 2 saturated heterocycles. The minimum absolute atomic E-state index is 0.00310. The molecule has 1 N–H and O–H groups in total. The zero-order valence-electron chi connectivity index (χ0n) is 14.2. The van der Waals surface area contributed by atoms with Gasteiger partial charge >= 0.3 is 0 Å². The number of likely N-dealkylation sites (tertiary alicyclic amines) is 1. The van der Waals surface area contributed by atoms with Gasteiger partial charge in [-0.25, -0.2) is 0 Å². The van der Waals surface area contributed by atoms with Gasteiger partial charge in [0.25, 0.3) is 5.91 Å². The lowest BCUT2D eigenvalue weighted by Gasteiger charge is -2.42. The monoisotopic (exact) mass is 339 g/mol. The van der Waals surface area contributed by atoms with Crippen LogP contribution in [0.25, 0.3) is 0 Å². The third kappa shape index (κ3) is 2.71. The summed E-state index contributed by atoms with van der Waals surface area (Å²) in [7, 11) is 0. The van der Waals surface area contributed by atoms with E-state index in [9.17, 15) is 9.59 Å². The highest BCUT2D eigenvalue weighted by Gasteiger charge is 2.49. The number of rotatable bonds is 2. The lowest BCUT2D eigenvalue weighted by atomic mass is 9.74. The highest BCUT2D eigenvalue weighted by atomic mass is 16.3. The van der Waals surface area contributed by atoms with Gasteiger partial charge in [-0.15, -0.1) is 0 Å². The van der Waals surface area contributed by atoms with Crippen molar-refractivity contribution in [1.82, 2.24) is 15.2 Å². The molecule has 2 aromatic heterocycles. The molecule has 0 saturated carbocycles. The molecule has 0 aromatic carbocycles. The summed E-state index contributed by atoms with van der Waals surface area (Å²) in [5, 5.41) is 3.20. The van der Waals surface area contributed by atoms with Crippen LogP contribution in [0.5, 0.6) is 0 Å². The van der Waals surface area contributed by atoms with Crippen molar-refractivity contribution in [3.63, 3.8) is 0 Å². The zero-order valence-corrected chi connectivity index (χ0v) is 14.2. The molecular formula is C19H21N3O3. The van der Waals surface area contributed by atoms with E-state index in [0.29, 0.717) is 30.8 Å². The fraction of sp³-hybridized carbons (Fsp3) is 0.421. The SMILES string of the molecule is Cc1occc1C(=O)N1CCC2(CC1)NC(=O)C[C@@H]2c1cccnc1. The van der Waals surface area contributed by atoms with E-state index in [-0.39, 0.29) is 23.3 Å². The Morgan fingerprint density at radius 3 is 2.80 bits per heavy atom. The smallest absolute Gasteiger partial charge is 0.257 e. The lowest BCUT2D eigenvalue weighted by molar-refractivity contribution is -0.120. The number of nitrogens with zero attached hydrogens (tertiary/aromatic N) is 2. The summed E-state index contributed by atoms with van der Waals surface area (Å²) < 4.78 is 5.25. The number of hydrogen-bond donors (Lipinski definition) is 1. The maximum absolute atomic E-state index is 12.7. The fourth-order valence-electron chi connectivity index (χ4n) is 4.18. The second-order valence-corrected chi connectivity index (χ2v) is 6.93. The molecule has 2 fully saturated rings. The van der Waals surface area contributed by atoms with Crippen LogP contribution in [-0.2, 0) is 4.79 Å². The van der Waals surface area contributed by atoms with Gasteiger partial charge < -0.3 is 14.6 Å². The minimum Gasteiger partial charge on any atom is -0.469 e. The first-order valence-electron chi connectivity index (χ1n) is 8.63. The maximum Gasteiger partial charge on any atom is 0.257 e. The van der Waals surface area contributed by atoms with Gasteiger partial charge in [0.2, 0.25) is 5.91 Å². The molecular weight excluding hydrogens is 318 g/mol. The molecule has 6 heteroatoms. The van der Waals surface area contributed by atoms with Crippen LogP contribution >= 0.6 is 0 Å². The molecule has 2 aromatic rings. The molecule has 0 bridgehead atoms. The molecule has 2 aliphatic heterocycles. The Morgan fingerprint density at radius 1 is 1.36 bits per heavy atom. The van der Waals surface area contributed by atoms with Crippen molar-refractivity contribution in [3.05, 3.63) is 53.7 Å². The predicted molar refractivity (Wildman–Crippen MR) is 91.1 cm³/mol. The predicted octanol–water partition coefficient (Wildman–Crippen LogP) is 2.26. The molecule has 2 aliphatic rings. The van der Waals surface area contributed by atoms with Crippen LogP contribution in [-0.4, -0.2) is 40.3 Å². The quantitative estimate of drug-likeness (QED) is 0.911. The van der Waals surface area contributed by atoms with Gasteiger partial charge in [0.15, 0.2) is 0 Å². The minimum atomic E-state index is -0.275. The standard InChI is InChI=1S/C19H21N3O3/c1-13-15(4-10-25-13)18(24)22-8-5-19(6-9-22)16(11-17(23)21-19)14-3-2-7-20-12-14/h2-4,7,10,12,16H,5-6,8-9,11H2,1H3,(H,21,23)/t16-/m1/s1. The van der Waals surface area contributed by atoms with E-state index in [1.54, 1.807) is 25.5 Å². The van der Waals surface area contributed by atoms with Crippen molar-refractivity contribution in [2.45, 2.75) is 37.6 Å². The highest BCUT2D eigenvalue weighted by molar-refractivity contribution is 5.95. The van der Waals surface area contributed by atoms with Gasteiger partial charge in [0.1, 0.15) is 5.76 Å². The van der Waals surface area contributed by atoms with Crippen molar-refractivity contribution < 1.29 is 14.0 Å². The van der Waals surface area contributed by atoms with Crippen LogP contribution in [0.1, 0.15) is 46.9 Å². The number of furan rings is 1. The number of aryl methyl sites for hydroxylation is 1. The van der Waals surface area contributed by atoms with Crippen LogP contribution in [0.2, 0.25) is 0 Å². The summed E-state index contributed by atoms with van der Waals surface area (Å²) in [4.78, 5) is 30.9. The second kappa shape index (κ2) is 6.02. The molecule has 130 valence electrons. The molecule has 2 amide bonds. The molecule has 0 aliphatic carbocycles. The lowest BCUT2D eigenvalue weighted by Crippen LogP contribution is -2.54. The Kier molecular flexibility index (Phi) is 3.82. The number of aromatic nitrogens is 1. The number of hydrogen-bond acceptors (Lipinski definition) is 4. The zero-order chi connectivity index (χ0) is 17.4. The Labute approximate surface area is 146 Å². The Morgan fingerprint density at radius 2 is 2.16 bits per heavy atom. The number of amides is 2. The van der Waals surface area contributed by atoms with E-state index in [4.69, 9.17) is 4.42 Å². The van der Waals surface area contributed by atoms with Crippen molar-refractivity contribution in [2.24, 2.45) is 0 Å². The largest absolute Gasteiger partial charge is 0.469 e. The first kappa shape index (κ1) is 15.9. The number of piperidine rings is 1. The molecule has 6 nitrogen and oxygen atoms in total. The van der Waals surface area contributed by atoms with Crippen molar-refractivity contribution >= 4 is 11.8 Å². The first-order chi connectivity index (χ1) is 12.1. The molecule has 0 unspecified atom stereocenters. The molecule has 4 rings (SSSR count). The topological polar surface area (TPSA) is 75.4 Å². The summed E-state index contributed by atoms with van der Waals surface area (Å²) in [6.07, 6.45) is 7.12. The van der Waals surface area contributed by atoms with Crippen molar-refractivity contribution in [2.75, 3.05) is 13.1 Å². The van der Waals surface area contributed by atoms with Gasteiger partial charge in [-0.05, 0) is 37.5 Å². The first-order valence-corrected chi connectivity index (χ1v) is 8.63. The maximum atomic E-state index is 12.7. The Hall–Kier alpha value is -2.63. The van der Waals surface area contributed by atoms with Crippen molar-refractivity contribution in [1.29, 1.82) is 0 Å². The highest BCUT2D eigenvalue weighted by Crippen LogP contribution is 2.43. The number of carbonyl (C=O) groups is 2. The van der Waals surface area contributed by atoms with Crippen LogP contribution in [0.4, 0.5) is 0 Å². The van der Waals surface area contributed by atoms with Crippen molar-refractivity contribution in [3.8, 4) is 0 Å². The van der Waals surface area contributed by atoms with Gasteiger partial charge in [0.05, 0.1) is 17.4 Å². The third-order valence-corrected chi connectivity index (χ3v) is 5.56. The summed E-state index contributed by atoms with van der Waals surface area (Å²) in [6, 6.07) is 5.66. The third-order valence-electron chi connectivity index (χ3n) is 5.56. The molecule has 4 heterocycles. The summed E-state index contributed by atoms with van der Waals surface area (Å²) >= 11 is 0. The van der Waals surface area contributed by atoms with Crippen LogP contribution < -0.4 is 5.32 Å². The molecule has 1 atom stereocenters. The average molecular weight is 339 g/mol. The number of nitrogens with one attached hydrogen (secondary N) is 1. The van der Waals surface area contributed by atoms with Gasteiger partial charge in [-0.3, -0.25) is 14.6 Å². The van der Waals surface area contributed by atoms with Crippen LogP contribution in [0.3, 0.4) is 0 Å². The summed E-state index contributed by atoms with van der Waals surface area (Å²) in [6.45, 7) is 3.05. The van der Waals surface area contributed by atoms with E-state index in [1.165, 1.54) is 0 Å². The molecule has 0 radical (unpaired) electrons. The average Bonchev–Trinajstić information content (AvgIpc) is 3.19.